The van der Waals surface area contributed by atoms with Gasteiger partial charge in [-0.05, 0) is 114 Å². The lowest BCUT2D eigenvalue weighted by Gasteiger charge is -2.33. The third kappa shape index (κ3) is 19.6. The molecule has 0 saturated carbocycles. The highest BCUT2D eigenvalue weighted by molar-refractivity contribution is 6.16. The summed E-state index contributed by atoms with van der Waals surface area (Å²) in [7, 11) is 0. The summed E-state index contributed by atoms with van der Waals surface area (Å²) in [5.41, 5.74) is 2.46. The van der Waals surface area contributed by atoms with Crippen LogP contribution in [0.2, 0.25) is 0 Å². The minimum Gasteiger partial charge on any atom is -0.489 e. The highest BCUT2D eigenvalue weighted by atomic mass is 16.8. The summed E-state index contributed by atoms with van der Waals surface area (Å²) in [4.78, 5) is 87.3. The Kier molecular flexibility index (Phi) is 19.2. The topological polar surface area (TPSA) is 217 Å². The van der Waals surface area contributed by atoms with Crippen LogP contribution in [-0.4, -0.2) is 76.7 Å². The van der Waals surface area contributed by atoms with Gasteiger partial charge in [0.25, 0.3) is 11.6 Å². The maximum absolute atomic E-state index is 13.0. The van der Waals surface area contributed by atoms with Gasteiger partial charge in [-0.15, -0.1) is 0 Å². The van der Waals surface area contributed by atoms with Crippen LogP contribution in [0, 0.1) is 11.8 Å². The summed E-state index contributed by atoms with van der Waals surface area (Å²) in [5, 5.41) is 5.55. The molecule has 2 amide bonds. The molecule has 17 heteroatoms. The SMILES string of the molecule is CC(C)(C)OC(=O)N[C@H](CC(=O)C1C(=O)OC(C)(C)OC1=O)Cc1ccc(OCc2ccccc2)cc1.CC(C)(C)OC(=O)N[C@H](CCC1C(=O)OC(C)(C)OC1=O)Cc1ccc(OCc2ccccc2)cc1. The number of ether oxygens (including phenoxy) is 8. The molecule has 73 heavy (non-hydrogen) atoms. The quantitative estimate of drug-likeness (QED) is 0.0540. The van der Waals surface area contributed by atoms with Crippen LogP contribution in [0.1, 0.15) is 111 Å². The lowest BCUT2D eigenvalue weighted by atomic mass is 9.94. The van der Waals surface area contributed by atoms with Gasteiger partial charge in [0.15, 0.2) is 11.7 Å². The lowest BCUT2D eigenvalue weighted by Crippen LogP contribution is -2.50. The third-order valence-corrected chi connectivity index (χ3v) is 10.7. The van der Waals surface area contributed by atoms with Crippen LogP contribution >= 0.6 is 0 Å². The van der Waals surface area contributed by atoms with Gasteiger partial charge in [0.2, 0.25) is 5.92 Å². The van der Waals surface area contributed by atoms with E-state index in [4.69, 9.17) is 37.9 Å². The molecule has 0 aliphatic carbocycles. The molecule has 6 rings (SSSR count). The Hall–Kier alpha value is -7.43. The van der Waals surface area contributed by atoms with E-state index < -0.39 is 82.5 Å². The van der Waals surface area contributed by atoms with Crippen molar-refractivity contribution in [1.29, 1.82) is 0 Å². The zero-order chi connectivity index (χ0) is 53.6. The summed E-state index contributed by atoms with van der Waals surface area (Å²) in [6.45, 7) is 17.2. The van der Waals surface area contributed by atoms with Crippen molar-refractivity contribution in [2.75, 3.05) is 0 Å². The maximum Gasteiger partial charge on any atom is 0.407 e. The predicted molar refractivity (Wildman–Crippen MR) is 267 cm³/mol. The molecule has 2 heterocycles. The first-order valence-electron chi connectivity index (χ1n) is 24.2. The van der Waals surface area contributed by atoms with E-state index in [1.807, 2.05) is 97.1 Å². The van der Waals surface area contributed by atoms with Crippen molar-refractivity contribution in [2.45, 2.75) is 149 Å². The van der Waals surface area contributed by atoms with Crippen molar-refractivity contribution in [3.8, 4) is 11.5 Å². The molecular weight excluding hydrogens is 941 g/mol. The minimum atomic E-state index is -1.70. The second-order valence-electron chi connectivity index (χ2n) is 20.6. The Morgan fingerprint density at radius 3 is 1.29 bits per heavy atom. The number of cyclic esters (lactones) is 4. The molecule has 17 nitrogen and oxygen atoms in total. The number of amides is 2. The molecule has 2 aliphatic heterocycles. The smallest absolute Gasteiger partial charge is 0.407 e. The molecule has 2 N–H and O–H groups in total. The summed E-state index contributed by atoms with van der Waals surface area (Å²) in [6, 6.07) is 33.3. The summed E-state index contributed by atoms with van der Waals surface area (Å²) >= 11 is 0. The molecule has 2 atom stereocenters. The minimum absolute atomic E-state index is 0.173. The second kappa shape index (κ2) is 24.8. The number of hydrogen-bond acceptors (Lipinski definition) is 15. The Morgan fingerprint density at radius 1 is 0.521 bits per heavy atom. The first-order valence-corrected chi connectivity index (χ1v) is 24.2. The number of rotatable bonds is 18. The highest BCUT2D eigenvalue weighted by Crippen LogP contribution is 2.28. The molecule has 0 bridgehead atoms. The largest absolute Gasteiger partial charge is 0.489 e. The van der Waals surface area contributed by atoms with Gasteiger partial charge in [-0.2, -0.15) is 0 Å². The number of benzene rings is 4. The molecule has 0 aromatic heterocycles. The van der Waals surface area contributed by atoms with Gasteiger partial charge in [-0.25, -0.2) is 9.59 Å². The summed E-state index contributed by atoms with van der Waals surface area (Å²) in [5.74, 6) is -7.95. The molecule has 4 aromatic carbocycles. The number of esters is 4. The van der Waals surface area contributed by atoms with Gasteiger partial charge in [0.1, 0.15) is 35.9 Å². The van der Waals surface area contributed by atoms with Gasteiger partial charge in [0, 0.05) is 46.2 Å². The van der Waals surface area contributed by atoms with Crippen LogP contribution in [0.4, 0.5) is 9.59 Å². The van der Waals surface area contributed by atoms with Crippen molar-refractivity contribution in [3.63, 3.8) is 0 Å². The Balaban J connectivity index is 0.000000271. The number of carbonyl (C=O) groups is 7. The summed E-state index contributed by atoms with van der Waals surface area (Å²) < 4.78 is 43.0. The van der Waals surface area contributed by atoms with E-state index in [1.165, 1.54) is 27.7 Å². The van der Waals surface area contributed by atoms with Crippen molar-refractivity contribution in [1.82, 2.24) is 10.6 Å². The molecule has 2 saturated heterocycles. The lowest BCUT2D eigenvalue weighted by molar-refractivity contribution is -0.241. The van der Waals surface area contributed by atoms with Crippen LogP contribution in [-0.2, 0) is 78.4 Å². The third-order valence-electron chi connectivity index (χ3n) is 10.7. The zero-order valence-corrected chi connectivity index (χ0v) is 43.3. The van der Waals surface area contributed by atoms with E-state index >= 15 is 0 Å². The molecule has 0 unspecified atom stereocenters. The fourth-order valence-electron chi connectivity index (χ4n) is 7.53. The van der Waals surface area contributed by atoms with E-state index in [2.05, 4.69) is 10.6 Å². The van der Waals surface area contributed by atoms with Gasteiger partial charge < -0.3 is 48.5 Å². The van der Waals surface area contributed by atoms with Gasteiger partial charge >= 0.3 is 36.1 Å². The van der Waals surface area contributed by atoms with E-state index in [9.17, 15) is 33.6 Å². The van der Waals surface area contributed by atoms with Gasteiger partial charge in [-0.1, -0.05) is 84.9 Å². The number of hydrogen-bond donors (Lipinski definition) is 2. The molecule has 2 fully saturated rings. The normalized spacial score (nSPS) is 16.4. The van der Waals surface area contributed by atoms with Gasteiger partial charge in [-0.3, -0.25) is 24.0 Å². The van der Waals surface area contributed by atoms with E-state index in [1.54, 1.807) is 53.7 Å². The molecule has 0 spiro atoms. The Labute approximate surface area is 426 Å². The van der Waals surface area contributed by atoms with Crippen molar-refractivity contribution >= 4 is 41.8 Å². The van der Waals surface area contributed by atoms with Crippen molar-refractivity contribution in [2.24, 2.45) is 11.8 Å². The average Bonchev–Trinajstić information content (AvgIpc) is 3.27. The second-order valence-corrected chi connectivity index (χ2v) is 20.6. The number of alkyl carbamates (subject to hydrolysis) is 2. The van der Waals surface area contributed by atoms with Crippen LogP contribution in [0.15, 0.2) is 109 Å². The average molecular weight is 1010 g/mol. The molecule has 0 radical (unpaired) electrons. The zero-order valence-electron chi connectivity index (χ0n) is 43.3. The van der Waals surface area contributed by atoms with E-state index in [0.29, 0.717) is 31.8 Å². The molecule has 2 aliphatic rings. The van der Waals surface area contributed by atoms with Crippen LogP contribution in [0.3, 0.4) is 0 Å². The molecule has 4 aromatic rings. The predicted octanol–water partition coefficient (Wildman–Crippen LogP) is 9.05. The van der Waals surface area contributed by atoms with Crippen molar-refractivity contribution < 1.29 is 71.5 Å². The number of Topliss-reactive ketones (excluding diaryl/α,β-unsaturated/α-hetero) is 1. The summed E-state index contributed by atoms with van der Waals surface area (Å²) in [6.07, 6.45) is -0.353. The van der Waals surface area contributed by atoms with Crippen molar-refractivity contribution in [3.05, 3.63) is 131 Å². The van der Waals surface area contributed by atoms with Gasteiger partial charge in [0.05, 0.1) is 0 Å². The van der Waals surface area contributed by atoms with E-state index in [-0.39, 0.29) is 25.3 Å². The van der Waals surface area contributed by atoms with Crippen LogP contribution in [0.5, 0.6) is 11.5 Å². The first kappa shape index (κ1) is 56.5. The highest BCUT2D eigenvalue weighted by Gasteiger charge is 2.48. The molecular formula is C56H68N2O15. The van der Waals surface area contributed by atoms with Crippen LogP contribution < -0.4 is 20.1 Å². The monoisotopic (exact) mass is 1010 g/mol. The standard InChI is InChI=1S/C28H33NO8.C28H35NO7/c1-27(2,3)37-26(33)29-20(16-22(30)23-24(31)35-28(4,5)36-25(23)32)15-18-11-13-21(14-12-18)34-17-19-9-7-6-8-10-19;1-27(2,3)36-26(32)29-21(13-16-23-24(30)34-28(4,5)35-25(23)31)17-19-11-14-22(15-12-19)33-18-20-9-7-6-8-10-20/h6-14,20,23H,15-17H2,1-5H3,(H,29,33);6-12,14-15,21,23H,13,16-18H2,1-5H3,(H,29,32)/t20-;21-/m01/s1. The Morgan fingerprint density at radius 2 is 0.890 bits per heavy atom. The number of nitrogens with one attached hydrogen (secondary N) is 2. The number of carbonyl (C=O) groups excluding carboxylic acids is 7. The van der Waals surface area contributed by atoms with Crippen LogP contribution in [0.25, 0.3) is 0 Å². The van der Waals surface area contributed by atoms with E-state index in [0.717, 1.165) is 28.0 Å². The fraction of sp³-hybridized carbons (Fsp3) is 0.446. The molecule has 392 valence electrons. The fourth-order valence-corrected chi connectivity index (χ4v) is 7.53. The Bertz CT molecular complexity index is 2470. The number of ketones is 1. The first-order chi connectivity index (χ1) is 34.2. The maximum atomic E-state index is 13.0.